The number of hydrogen-bond donors (Lipinski definition) is 2. The van der Waals surface area contributed by atoms with E-state index in [-0.39, 0.29) is 35.2 Å². The summed E-state index contributed by atoms with van der Waals surface area (Å²) < 4.78 is 0. The molecule has 0 atom stereocenters. The molecule has 1 heterocycles. The number of amides is 1. The van der Waals surface area contributed by atoms with Crippen LogP contribution in [0.5, 0.6) is 11.5 Å². The van der Waals surface area contributed by atoms with Gasteiger partial charge in [-0.15, -0.1) is 0 Å². The minimum absolute atomic E-state index is 0.00877. The standard InChI is InChI=1S/C16H14N2O5/c19-13-3-4-14(15(20)8-13)16(21)17-6-5-10-1-2-12(18(22)23)7-11(10)9-17/h1-4,7-8,19-20H,5-6,9H2. The van der Waals surface area contributed by atoms with Crippen molar-refractivity contribution in [1.29, 1.82) is 0 Å². The van der Waals surface area contributed by atoms with Crippen molar-refractivity contribution in [3.05, 3.63) is 63.2 Å². The number of carbonyl (C=O) groups excluding carboxylic acids is 1. The lowest BCUT2D eigenvalue weighted by atomic mass is 9.98. The van der Waals surface area contributed by atoms with Gasteiger partial charge < -0.3 is 15.1 Å². The fraction of sp³-hybridized carbons (Fsp3) is 0.188. The second-order valence-corrected chi connectivity index (χ2v) is 5.39. The number of aromatic hydroxyl groups is 2. The Morgan fingerprint density at radius 2 is 1.91 bits per heavy atom. The summed E-state index contributed by atoms with van der Waals surface area (Å²) in [6.07, 6.45) is 0.595. The van der Waals surface area contributed by atoms with Gasteiger partial charge in [-0.3, -0.25) is 14.9 Å². The van der Waals surface area contributed by atoms with Crippen LogP contribution in [0.1, 0.15) is 21.5 Å². The molecule has 2 N–H and O–H groups in total. The molecule has 2 aromatic carbocycles. The molecule has 1 aliphatic heterocycles. The average molecular weight is 314 g/mol. The lowest BCUT2D eigenvalue weighted by Crippen LogP contribution is -2.36. The number of phenolic OH excluding ortho intramolecular Hbond substituents is 2. The van der Waals surface area contributed by atoms with Gasteiger partial charge in [-0.1, -0.05) is 6.07 Å². The summed E-state index contributed by atoms with van der Waals surface area (Å²) in [6, 6.07) is 8.45. The molecule has 1 amide bonds. The van der Waals surface area contributed by atoms with E-state index in [4.69, 9.17) is 0 Å². The number of benzene rings is 2. The van der Waals surface area contributed by atoms with E-state index in [9.17, 15) is 25.1 Å². The molecule has 2 aromatic rings. The molecule has 0 aliphatic carbocycles. The first-order valence-electron chi connectivity index (χ1n) is 7.03. The SMILES string of the molecule is O=C(c1ccc(O)cc1O)N1CCc2ccc([N+](=O)[O-])cc2C1. The second kappa shape index (κ2) is 5.60. The molecule has 0 radical (unpaired) electrons. The minimum atomic E-state index is -0.465. The van der Waals surface area contributed by atoms with Gasteiger partial charge in [0, 0.05) is 31.3 Å². The van der Waals surface area contributed by atoms with Gasteiger partial charge >= 0.3 is 0 Å². The van der Waals surface area contributed by atoms with Crippen LogP contribution in [0.4, 0.5) is 5.69 Å². The summed E-state index contributed by atoms with van der Waals surface area (Å²) in [5.41, 5.74) is 1.80. The predicted octanol–water partition coefficient (Wildman–Crippen LogP) is 2.20. The molecule has 0 bridgehead atoms. The Kier molecular flexibility index (Phi) is 3.61. The van der Waals surface area contributed by atoms with Crippen molar-refractivity contribution in [1.82, 2.24) is 4.90 Å². The van der Waals surface area contributed by atoms with Crippen LogP contribution in [0.25, 0.3) is 0 Å². The summed E-state index contributed by atoms with van der Waals surface area (Å²) in [5.74, 6) is -0.793. The first-order chi connectivity index (χ1) is 11.0. The van der Waals surface area contributed by atoms with Crippen LogP contribution in [-0.4, -0.2) is 32.5 Å². The zero-order valence-electron chi connectivity index (χ0n) is 12.1. The van der Waals surface area contributed by atoms with Crippen molar-refractivity contribution in [2.24, 2.45) is 0 Å². The average Bonchev–Trinajstić information content (AvgIpc) is 2.53. The highest BCUT2D eigenvalue weighted by molar-refractivity contribution is 5.97. The van der Waals surface area contributed by atoms with Crippen LogP contribution in [0.15, 0.2) is 36.4 Å². The number of nitrogens with zero attached hydrogens (tertiary/aromatic N) is 2. The van der Waals surface area contributed by atoms with Crippen LogP contribution in [0.3, 0.4) is 0 Å². The van der Waals surface area contributed by atoms with Gasteiger partial charge in [0.05, 0.1) is 10.5 Å². The molecule has 0 aromatic heterocycles. The van der Waals surface area contributed by atoms with Crippen LogP contribution in [0.2, 0.25) is 0 Å². The van der Waals surface area contributed by atoms with E-state index in [0.717, 1.165) is 17.2 Å². The third-order valence-corrected chi connectivity index (χ3v) is 3.91. The van der Waals surface area contributed by atoms with Gasteiger partial charge in [0.1, 0.15) is 11.5 Å². The molecule has 7 heteroatoms. The molecule has 7 nitrogen and oxygen atoms in total. The van der Waals surface area contributed by atoms with Crippen molar-refractivity contribution < 1.29 is 19.9 Å². The van der Waals surface area contributed by atoms with Crippen molar-refractivity contribution >= 4 is 11.6 Å². The molecule has 0 spiro atoms. The zero-order valence-corrected chi connectivity index (χ0v) is 12.1. The van der Waals surface area contributed by atoms with Gasteiger partial charge in [0.2, 0.25) is 0 Å². The first kappa shape index (κ1) is 14.8. The summed E-state index contributed by atoms with van der Waals surface area (Å²) in [4.78, 5) is 24.4. The molecule has 0 saturated heterocycles. The van der Waals surface area contributed by atoms with Gasteiger partial charge in [0.15, 0.2) is 0 Å². The van der Waals surface area contributed by atoms with Crippen molar-refractivity contribution in [2.45, 2.75) is 13.0 Å². The molecular weight excluding hydrogens is 300 g/mol. The molecule has 0 saturated carbocycles. The van der Waals surface area contributed by atoms with Crippen molar-refractivity contribution in [3.8, 4) is 11.5 Å². The molecule has 118 valence electrons. The number of phenols is 2. The topological polar surface area (TPSA) is 104 Å². The van der Waals surface area contributed by atoms with Crippen LogP contribution in [-0.2, 0) is 13.0 Å². The Balaban J connectivity index is 1.87. The normalized spacial score (nSPS) is 13.5. The van der Waals surface area contributed by atoms with Crippen LogP contribution < -0.4 is 0 Å². The first-order valence-corrected chi connectivity index (χ1v) is 7.03. The Labute approximate surface area is 131 Å². The third-order valence-electron chi connectivity index (χ3n) is 3.91. The number of rotatable bonds is 2. The van der Waals surface area contributed by atoms with E-state index < -0.39 is 4.92 Å². The maximum atomic E-state index is 12.5. The van der Waals surface area contributed by atoms with E-state index in [1.807, 2.05) is 0 Å². The molecule has 1 aliphatic rings. The predicted molar refractivity (Wildman–Crippen MR) is 81.3 cm³/mol. The maximum Gasteiger partial charge on any atom is 0.269 e. The number of nitro groups is 1. The van der Waals surface area contributed by atoms with Gasteiger partial charge in [0.25, 0.3) is 11.6 Å². The number of hydrogen-bond acceptors (Lipinski definition) is 5. The van der Waals surface area contributed by atoms with Crippen LogP contribution >= 0.6 is 0 Å². The second-order valence-electron chi connectivity index (χ2n) is 5.39. The highest BCUT2D eigenvalue weighted by Gasteiger charge is 2.25. The number of carbonyl (C=O) groups is 1. The Hall–Kier alpha value is -3.09. The fourth-order valence-corrected chi connectivity index (χ4v) is 2.70. The van der Waals surface area contributed by atoms with E-state index in [1.165, 1.54) is 29.2 Å². The molecular formula is C16H14N2O5. The summed E-state index contributed by atoms with van der Waals surface area (Å²) >= 11 is 0. The zero-order chi connectivity index (χ0) is 16.6. The lowest BCUT2D eigenvalue weighted by molar-refractivity contribution is -0.385. The van der Waals surface area contributed by atoms with Crippen molar-refractivity contribution in [3.63, 3.8) is 0 Å². The number of nitro benzene ring substituents is 1. The highest BCUT2D eigenvalue weighted by Crippen LogP contribution is 2.28. The number of fused-ring (bicyclic) bond motifs is 1. The quantitative estimate of drug-likeness (QED) is 0.653. The maximum absolute atomic E-state index is 12.5. The largest absolute Gasteiger partial charge is 0.508 e. The van der Waals surface area contributed by atoms with E-state index >= 15 is 0 Å². The van der Waals surface area contributed by atoms with E-state index in [2.05, 4.69) is 0 Å². The van der Waals surface area contributed by atoms with Crippen molar-refractivity contribution in [2.75, 3.05) is 6.54 Å². The minimum Gasteiger partial charge on any atom is -0.508 e. The molecule has 0 fully saturated rings. The van der Waals surface area contributed by atoms with Gasteiger partial charge in [-0.2, -0.15) is 0 Å². The number of non-ortho nitro benzene ring substituents is 1. The monoisotopic (exact) mass is 314 g/mol. The highest BCUT2D eigenvalue weighted by atomic mass is 16.6. The Morgan fingerprint density at radius 1 is 1.13 bits per heavy atom. The molecule has 3 rings (SSSR count). The van der Waals surface area contributed by atoms with Gasteiger partial charge in [-0.05, 0) is 29.7 Å². The van der Waals surface area contributed by atoms with E-state index in [0.29, 0.717) is 13.0 Å². The van der Waals surface area contributed by atoms with E-state index in [1.54, 1.807) is 6.07 Å². The summed E-state index contributed by atoms with van der Waals surface area (Å²) in [5, 5.41) is 30.0. The summed E-state index contributed by atoms with van der Waals surface area (Å²) in [6.45, 7) is 0.708. The Morgan fingerprint density at radius 3 is 2.61 bits per heavy atom. The smallest absolute Gasteiger partial charge is 0.269 e. The third kappa shape index (κ3) is 2.80. The molecule has 0 unspecified atom stereocenters. The lowest BCUT2D eigenvalue weighted by Gasteiger charge is -2.29. The molecule has 23 heavy (non-hydrogen) atoms. The summed E-state index contributed by atoms with van der Waals surface area (Å²) in [7, 11) is 0. The fourth-order valence-electron chi connectivity index (χ4n) is 2.70. The van der Waals surface area contributed by atoms with Crippen LogP contribution in [0, 0.1) is 10.1 Å². The van der Waals surface area contributed by atoms with Gasteiger partial charge in [-0.25, -0.2) is 0 Å². The Bertz CT molecular complexity index is 803.